The molecule has 150 valence electrons. The lowest BCUT2D eigenvalue weighted by Gasteiger charge is -2.58. The van der Waals surface area contributed by atoms with Gasteiger partial charge in [-0.3, -0.25) is 4.79 Å². The van der Waals surface area contributed by atoms with Gasteiger partial charge in [-0.2, -0.15) is 0 Å². The van der Waals surface area contributed by atoms with E-state index in [0.29, 0.717) is 29.6 Å². The third-order valence-electron chi connectivity index (χ3n) is 9.48. The number of carbonyl (C=O) groups excluding carboxylic acids is 1. The maximum atomic E-state index is 11.5. The van der Waals surface area contributed by atoms with E-state index >= 15 is 0 Å². The molecule has 0 aromatic rings. The number of epoxide rings is 1. The number of rotatable bonds is 2. The summed E-state index contributed by atoms with van der Waals surface area (Å²) in [6, 6.07) is 0. The molecule has 0 bridgehead atoms. The van der Waals surface area contributed by atoms with Crippen LogP contribution in [0.15, 0.2) is 11.6 Å². The molecule has 4 fully saturated rings. The van der Waals surface area contributed by atoms with E-state index in [-0.39, 0.29) is 23.6 Å². The topological polar surface area (TPSA) is 59.1 Å². The van der Waals surface area contributed by atoms with Crippen molar-refractivity contribution in [3.8, 4) is 0 Å². The lowest BCUT2D eigenvalue weighted by atomic mass is 9.46. The molecule has 0 aromatic heterocycles. The summed E-state index contributed by atoms with van der Waals surface area (Å²) in [5.74, 6) is 1.30. The maximum Gasteiger partial charge on any atom is 0.305 e. The molecular formula is C23H34O4. The number of fused-ring (bicyclic) bond motifs is 6. The van der Waals surface area contributed by atoms with Crippen molar-refractivity contribution in [1.82, 2.24) is 0 Å². The Morgan fingerprint density at radius 1 is 1.30 bits per heavy atom. The Kier molecular flexibility index (Phi) is 3.77. The van der Waals surface area contributed by atoms with Gasteiger partial charge in [-0.15, -0.1) is 0 Å². The first-order chi connectivity index (χ1) is 12.7. The molecular weight excluding hydrogens is 340 g/mol. The molecule has 4 heteroatoms. The van der Waals surface area contributed by atoms with Crippen LogP contribution in [-0.2, 0) is 14.3 Å². The lowest BCUT2D eigenvalue weighted by Crippen LogP contribution is -2.55. The average molecular weight is 375 g/mol. The zero-order chi connectivity index (χ0) is 19.2. The van der Waals surface area contributed by atoms with E-state index in [9.17, 15) is 9.90 Å². The van der Waals surface area contributed by atoms with Crippen molar-refractivity contribution in [3.63, 3.8) is 0 Å². The molecule has 3 unspecified atom stereocenters. The summed E-state index contributed by atoms with van der Waals surface area (Å²) in [6.45, 7) is 8.67. The normalized spacial score (nSPS) is 55.5. The summed E-state index contributed by atoms with van der Waals surface area (Å²) >= 11 is 0. The van der Waals surface area contributed by atoms with Crippen molar-refractivity contribution in [2.75, 3.05) is 0 Å². The number of esters is 1. The van der Waals surface area contributed by atoms with Gasteiger partial charge < -0.3 is 14.6 Å². The van der Waals surface area contributed by atoms with Crippen molar-refractivity contribution >= 4 is 5.97 Å². The molecule has 0 radical (unpaired) electrons. The molecule has 0 spiro atoms. The molecule has 1 saturated heterocycles. The quantitative estimate of drug-likeness (QED) is 0.447. The van der Waals surface area contributed by atoms with Gasteiger partial charge in [-0.1, -0.05) is 38.8 Å². The Labute approximate surface area is 162 Å². The van der Waals surface area contributed by atoms with Gasteiger partial charge in [0, 0.05) is 13.3 Å². The lowest BCUT2D eigenvalue weighted by molar-refractivity contribution is -0.157. The van der Waals surface area contributed by atoms with Crippen LogP contribution >= 0.6 is 0 Å². The highest BCUT2D eigenvalue weighted by Gasteiger charge is 2.70. The number of carbonyl (C=O) groups is 1. The Balaban J connectivity index is 1.48. The van der Waals surface area contributed by atoms with Crippen LogP contribution in [0.3, 0.4) is 0 Å². The van der Waals surface area contributed by atoms with E-state index in [4.69, 9.17) is 9.47 Å². The van der Waals surface area contributed by atoms with E-state index in [0.717, 1.165) is 12.3 Å². The zero-order valence-electron chi connectivity index (χ0n) is 17.2. The maximum absolute atomic E-state index is 11.5. The van der Waals surface area contributed by atoms with Gasteiger partial charge in [-0.05, 0) is 66.6 Å². The van der Waals surface area contributed by atoms with Crippen molar-refractivity contribution in [2.45, 2.75) is 90.6 Å². The molecule has 4 aliphatic carbocycles. The number of hydrogen-bond acceptors (Lipinski definition) is 4. The number of ether oxygens (including phenoxy) is 2. The Hall–Kier alpha value is -0.870. The second-order valence-corrected chi connectivity index (χ2v) is 10.5. The summed E-state index contributed by atoms with van der Waals surface area (Å²) in [5.41, 5.74) is 1.73. The highest BCUT2D eigenvalue weighted by Crippen LogP contribution is 2.69. The first-order valence-electron chi connectivity index (χ1n) is 11.0. The van der Waals surface area contributed by atoms with Gasteiger partial charge >= 0.3 is 5.97 Å². The Bertz CT molecular complexity index is 700. The van der Waals surface area contributed by atoms with E-state index in [1.807, 2.05) is 0 Å². The first-order valence-corrected chi connectivity index (χ1v) is 11.0. The minimum atomic E-state index is -0.742. The monoisotopic (exact) mass is 374 g/mol. The summed E-state index contributed by atoms with van der Waals surface area (Å²) < 4.78 is 11.5. The molecule has 5 rings (SSSR count). The van der Waals surface area contributed by atoms with Crippen LogP contribution in [0.1, 0.15) is 72.6 Å². The Morgan fingerprint density at radius 2 is 2.07 bits per heavy atom. The van der Waals surface area contributed by atoms with Crippen molar-refractivity contribution in [1.29, 1.82) is 0 Å². The largest absolute Gasteiger partial charge is 0.430 e. The second kappa shape index (κ2) is 5.60. The molecule has 4 nitrogen and oxygen atoms in total. The predicted molar refractivity (Wildman–Crippen MR) is 102 cm³/mol. The van der Waals surface area contributed by atoms with Crippen molar-refractivity contribution in [3.05, 3.63) is 11.6 Å². The number of aliphatic hydroxyl groups excluding tert-OH is 1. The van der Waals surface area contributed by atoms with Crippen LogP contribution < -0.4 is 0 Å². The van der Waals surface area contributed by atoms with Crippen molar-refractivity contribution in [2.24, 2.45) is 34.5 Å². The van der Waals surface area contributed by atoms with Crippen LogP contribution in [0.25, 0.3) is 0 Å². The second-order valence-electron chi connectivity index (χ2n) is 10.5. The SMILES string of the molecule is CC[C@H]1CCC2C3C(CC[C@@]21C)[C@@]1(C)C[C@@H]2O[C@@]2(OC(C)=O)CC1=C[C@H]3O. The highest BCUT2D eigenvalue weighted by molar-refractivity contribution is 5.67. The van der Waals surface area contributed by atoms with Gasteiger partial charge in [0.2, 0.25) is 5.79 Å². The van der Waals surface area contributed by atoms with E-state index in [2.05, 4.69) is 26.8 Å². The number of aliphatic hydroxyl groups is 1. The van der Waals surface area contributed by atoms with Gasteiger partial charge in [0.25, 0.3) is 0 Å². The predicted octanol–water partition coefficient (Wildman–Crippen LogP) is 4.21. The summed E-state index contributed by atoms with van der Waals surface area (Å²) in [5, 5.41) is 11.2. The minimum Gasteiger partial charge on any atom is -0.430 e. The standard InChI is InChI=1S/C23H34O4/c1-5-14-6-7-16-20-17(8-9-21(14,16)3)22(4)12-19-23(27-19,26-13(2)24)11-15(22)10-18(20)25/h10,14,16-20,25H,5-9,11-12H2,1-4H3/t14-,16?,17?,18+,19-,20?,21+,22-,23-/m0/s1. The summed E-state index contributed by atoms with van der Waals surface area (Å²) in [4.78, 5) is 11.5. The van der Waals surface area contributed by atoms with Gasteiger partial charge in [-0.25, -0.2) is 0 Å². The molecule has 0 aromatic carbocycles. The van der Waals surface area contributed by atoms with Crippen LogP contribution in [-0.4, -0.2) is 29.1 Å². The van der Waals surface area contributed by atoms with E-state index in [1.54, 1.807) is 0 Å². The third-order valence-corrected chi connectivity index (χ3v) is 9.48. The highest BCUT2D eigenvalue weighted by atomic mass is 16.8. The molecule has 5 aliphatic rings. The van der Waals surface area contributed by atoms with Crippen LogP contribution in [0.5, 0.6) is 0 Å². The van der Waals surface area contributed by atoms with Crippen LogP contribution in [0.4, 0.5) is 0 Å². The fourth-order valence-electron chi connectivity index (χ4n) is 8.06. The Morgan fingerprint density at radius 3 is 2.78 bits per heavy atom. The fourth-order valence-corrected chi connectivity index (χ4v) is 8.06. The molecule has 9 atom stereocenters. The van der Waals surface area contributed by atoms with Crippen LogP contribution in [0, 0.1) is 34.5 Å². The molecule has 1 N–H and O–H groups in total. The zero-order valence-corrected chi connectivity index (χ0v) is 17.2. The molecule has 1 aliphatic heterocycles. The van der Waals surface area contributed by atoms with E-state index in [1.165, 1.54) is 44.6 Å². The summed E-state index contributed by atoms with van der Waals surface area (Å²) in [6.07, 6.45) is 9.66. The smallest absolute Gasteiger partial charge is 0.305 e. The van der Waals surface area contributed by atoms with Gasteiger partial charge in [0.05, 0.1) is 6.10 Å². The molecule has 1 heterocycles. The minimum absolute atomic E-state index is 0.0275. The molecule has 0 amide bonds. The van der Waals surface area contributed by atoms with Crippen LogP contribution in [0.2, 0.25) is 0 Å². The van der Waals surface area contributed by atoms with Gasteiger partial charge in [0.1, 0.15) is 6.10 Å². The summed E-state index contributed by atoms with van der Waals surface area (Å²) in [7, 11) is 0. The van der Waals surface area contributed by atoms with Gasteiger partial charge in [0.15, 0.2) is 0 Å². The first kappa shape index (κ1) is 18.2. The number of hydrogen-bond donors (Lipinski definition) is 1. The molecule has 3 saturated carbocycles. The molecule has 27 heavy (non-hydrogen) atoms. The fraction of sp³-hybridized carbons (Fsp3) is 0.870. The third kappa shape index (κ3) is 2.32. The van der Waals surface area contributed by atoms with Crippen molar-refractivity contribution < 1.29 is 19.4 Å². The average Bonchev–Trinajstić information content (AvgIpc) is 3.13. The van der Waals surface area contributed by atoms with E-state index < -0.39 is 5.79 Å².